The lowest BCUT2D eigenvalue weighted by molar-refractivity contribution is -0.183. The zero-order valence-electron chi connectivity index (χ0n) is 10.5. The molecule has 0 saturated heterocycles. The number of allylic oxidation sites excluding steroid dienone is 1. The van der Waals surface area contributed by atoms with Crippen molar-refractivity contribution in [1.29, 1.82) is 0 Å². The molecule has 0 atom stereocenters. The summed E-state index contributed by atoms with van der Waals surface area (Å²) < 4.78 is 10.0. The summed E-state index contributed by atoms with van der Waals surface area (Å²) in [6, 6.07) is 0. The predicted molar refractivity (Wildman–Crippen MR) is 60.5 cm³/mol. The van der Waals surface area contributed by atoms with Gasteiger partial charge in [-0.2, -0.15) is 0 Å². The SMILES string of the molecule is C/C=C/C(OC(=O)C(C)C)OC(=O)C(C)C. The van der Waals surface area contributed by atoms with E-state index in [9.17, 15) is 9.59 Å². The van der Waals surface area contributed by atoms with E-state index in [1.54, 1.807) is 40.7 Å². The van der Waals surface area contributed by atoms with Gasteiger partial charge in [-0.3, -0.25) is 9.59 Å². The van der Waals surface area contributed by atoms with E-state index in [2.05, 4.69) is 0 Å². The van der Waals surface area contributed by atoms with Gasteiger partial charge in [0, 0.05) is 0 Å². The molecule has 0 aromatic rings. The Morgan fingerprint density at radius 3 is 1.56 bits per heavy atom. The Labute approximate surface area is 96.6 Å². The molecule has 4 heteroatoms. The maximum absolute atomic E-state index is 11.3. The number of esters is 2. The van der Waals surface area contributed by atoms with E-state index >= 15 is 0 Å². The fraction of sp³-hybridized carbons (Fsp3) is 0.667. The third-order valence-corrected chi connectivity index (χ3v) is 1.76. The van der Waals surface area contributed by atoms with Crippen molar-refractivity contribution in [2.45, 2.75) is 40.9 Å². The second-order valence-electron chi connectivity index (χ2n) is 4.08. The predicted octanol–water partition coefficient (Wildman–Crippen LogP) is 2.29. The number of carbonyl (C=O) groups excluding carboxylic acids is 2. The molecule has 0 aliphatic heterocycles. The zero-order valence-corrected chi connectivity index (χ0v) is 10.5. The lowest BCUT2D eigenvalue weighted by atomic mass is 10.2. The summed E-state index contributed by atoms with van der Waals surface area (Å²) in [6.45, 7) is 8.65. The van der Waals surface area contributed by atoms with Crippen molar-refractivity contribution in [2.75, 3.05) is 0 Å². The minimum absolute atomic E-state index is 0.245. The first-order chi connectivity index (χ1) is 7.38. The average Bonchev–Trinajstić information content (AvgIpc) is 2.17. The Morgan fingerprint density at radius 2 is 1.31 bits per heavy atom. The van der Waals surface area contributed by atoms with Crippen LogP contribution in [0.2, 0.25) is 0 Å². The van der Waals surface area contributed by atoms with Gasteiger partial charge in [-0.25, -0.2) is 0 Å². The first-order valence-electron chi connectivity index (χ1n) is 5.42. The molecular formula is C12H20O4. The molecule has 0 radical (unpaired) electrons. The van der Waals surface area contributed by atoms with Crippen LogP contribution in [0.3, 0.4) is 0 Å². The highest BCUT2D eigenvalue weighted by Crippen LogP contribution is 2.07. The monoisotopic (exact) mass is 228 g/mol. The van der Waals surface area contributed by atoms with Crippen LogP contribution in [0.15, 0.2) is 12.2 Å². The molecule has 0 rings (SSSR count). The fourth-order valence-corrected chi connectivity index (χ4v) is 0.761. The summed E-state index contributed by atoms with van der Waals surface area (Å²) in [5, 5.41) is 0. The van der Waals surface area contributed by atoms with E-state index in [-0.39, 0.29) is 23.8 Å². The Hall–Kier alpha value is -1.32. The maximum Gasteiger partial charge on any atom is 0.311 e. The van der Waals surface area contributed by atoms with Crippen LogP contribution in [-0.4, -0.2) is 18.2 Å². The van der Waals surface area contributed by atoms with Crippen molar-refractivity contribution in [3.8, 4) is 0 Å². The molecular weight excluding hydrogens is 208 g/mol. The quantitative estimate of drug-likeness (QED) is 0.411. The van der Waals surface area contributed by atoms with Crippen LogP contribution in [-0.2, 0) is 19.1 Å². The molecule has 0 aromatic carbocycles. The molecule has 0 saturated carbocycles. The second-order valence-corrected chi connectivity index (χ2v) is 4.08. The molecule has 0 spiro atoms. The van der Waals surface area contributed by atoms with E-state index in [1.165, 1.54) is 6.08 Å². The van der Waals surface area contributed by atoms with Gasteiger partial charge < -0.3 is 9.47 Å². The van der Waals surface area contributed by atoms with Crippen molar-refractivity contribution < 1.29 is 19.1 Å². The third kappa shape index (κ3) is 5.53. The third-order valence-electron chi connectivity index (χ3n) is 1.76. The molecule has 4 nitrogen and oxygen atoms in total. The standard InChI is InChI=1S/C12H20O4/c1-6-7-10(15-11(13)8(2)3)16-12(14)9(4)5/h6-10H,1-5H3/b7-6+. The van der Waals surface area contributed by atoms with Gasteiger partial charge in [0.05, 0.1) is 11.8 Å². The van der Waals surface area contributed by atoms with E-state index in [4.69, 9.17) is 9.47 Å². The van der Waals surface area contributed by atoms with Gasteiger partial charge in [0.15, 0.2) is 0 Å². The van der Waals surface area contributed by atoms with Crippen molar-refractivity contribution >= 4 is 11.9 Å². The number of hydrogen-bond donors (Lipinski definition) is 0. The Balaban J connectivity index is 4.39. The molecule has 0 aromatic heterocycles. The highest BCUT2D eigenvalue weighted by molar-refractivity contribution is 5.73. The van der Waals surface area contributed by atoms with Gasteiger partial charge in [0.1, 0.15) is 0 Å². The molecule has 0 unspecified atom stereocenters. The summed E-state index contributed by atoms with van der Waals surface area (Å²) in [6.07, 6.45) is 2.28. The highest BCUT2D eigenvalue weighted by Gasteiger charge is 2.19. The van der Waals surface area contributed by atoms with Crippen LogP contribution >= 0.6 is 0 Å². The first-order valence-corrected chi connectivity index (χ1v) is 5.42. The first kappa shape index (κ1) is 14.7. The molecule has 92 valence electrons. The normalized spacial score (nSPS) is 11.5. The molecule has 0 bridgehead atoms. The smallest absolute Gasteiger partial charge is 0.311 e. The van der Waals surface area contributed by atoms with E-state index in [1.807, 2.05) is 0 Å². The van der Waals surface area contributed by atoms with Crippen molar-refractivity contribution in [3.63, 3.8) is 0 Å². The van der Waals surface area contributed by atoms with Gasteiger partial charge in [-0.05, 0) is 13.0 Å². The van der Waals surface area contributed by atoms with Crippen molar-refractivity contribution in [1.82, 2.24) is 0 Å². The molecule has 0 fully saturated rings. The van der Waals surface area contributed by atoms with Crippen molar-refractivity contribution in [3.05, 3.63) is 12.2 Å². The average molecular weight is 228 g/mol. The maximum atomic E-state index is 11.3. The Bertz CT molecular complexity index is 244. The minimum atomic E-state index is -0.921. The second kappa shape index (κ2) is 7.04. The van der Waals surface area contributed by atoms with Gasteiger partial charge >= 0.3 is 11.9 Å². The van der Waals surface area contributed by atoms with Crippen LogP contribution in [0.25, 0.3) is 0 Å². The van der Waals surface area contributed by atoms with E-state index in [0.717, 1.165) is 0 Å². The lowest BCUT2D eigenvalue weighted by Crippen LogP contribution is -2.26. The van der Waals surface area contributed by atoms with Gasteiger partial charge in [0.2, 0.25) is 0 Å². The molecule has 0 amide bonds. The van der Waals surface area contributed by atoms with E-state index < -0.39 is 6.29 Å². The summed E-state index contributed by atoms with van der Waals surface area (Å²) >= 11 is 0. The van der Waals surface area contributed by atoms with Crippen LogP contribution in [0.4, 0.5) is 0 Å². The summed E-state index contributed by atoms with van der Waals surface area (Å²) in [5.74, 6) is -1.27. The largest absolute Gasteiger partial charge is 0.421 e. The molecule has 0 aliphatic rings. The Kier molecular flexibility index (Phi) is 6.46. The van der Waals surface area contributed by atoms with Crippen molar-refractivity contribution in [2.24, 2.45) is 11.8 Å². The zero-order chi connectivity index (χ0) is 12.7. The minimum Gasteiger partial charge on any atom is -0.421 e. The number of carbonyl (C=O) groups is 2. The lowest BCUT2D eigenvalue weighted by Gasteiger charge is -2.17. The Morgan fingerprint density at radius 1 is 0.938 bits per heavy atom. The van der Waals surface area contributed by atoms with Crippen LogP contribution in [0.1, 0.15) is 34.6 Å². The van der Waals surface area contributed by atoms with Gasteiger partial charge in [0.25, 0.3) is 6.29 Å². The number of hydrogen-bond acceptors (Lipinski definition) is 4. The molecule has 0 N–H and O–H groups in total. The fourth-order valence-electron chi connectivity index (χ4n) is 0.761. The van der Waals surface area contributed by atoms with E-state index in [0.29, 0.717) is 0 Å². The van der Waals surface area contributed by atoms with Crippen LogP contribution in [0, 0.1) is 11.8 Å². The van der Waals surface area contributed by atoms with Gasteiger partial charge in [-0.15, -0.1) is 0 Å². The summed E-state index contributed by atoms with van der Waals surface area (Å²) in [7, 11) is 0. The molecule has 0 heterocycles. The summed E-state index contributed by atoms with van der Waals surface area (Å²) in [4.78, 5) is 22.7. The van der Waals surface area contributed by atoms with Crippen LogP contribution < -0.4 is 0 Å². The van der Waals surface area contributed by atoms with Crippen LogP contribution in [0.5, 0.6) is 0 Å². The number of rotatable bonds is 5. The topological polar surface area (TPSA) is 52.6 Å². The molecule has 0 aliphatic carbocycles. The van der Waals surface area contributed by atoms with Gasteiger partial charge in [-0.1, -0.05) is 33.8 Å². The highest BCUT2D eigenvalue weighted by atomic mass is 16.7. The number of ether oxygens (including phenoxy) is 2. The summed E-state index contributed by atoms with van der Waals surface area (Å²) in [5.41, 5.74) is 0. The molecule has 16 heavy (non-hydrogen) atoms.